The lowest BCUT2D eigenvalue weighted by atomic mass is 10.1. The first-order valence-corrected chi connectivity index (χ1v) is 6.53. The molecule has 1 aromatic heterocycles. The minimum Gasteiger partial charge on any atom is -0.502 e. The summed E-state index contributed by atoms with van der Waals surface area (Å²) in [6.45, 7) is -2.01. The average Bonchev–Trinajstić information content (AvgIpc) is 2.97. The zero-order chi connectivity index (χ0) is 17.9. The van der Waals surface area contributed by atoms with Crippen molar-refractivity contribution in [2.24, 2.45) is 0 Å². The van der Waals surface area contributed by atoms with Crippen molar-refractivity contribution in [2.75, 3.05) is 6.54 Å². The predicted molar refractivity (Wildman–Crippen MR) is 74.3 cm³/mol. The molecule has 0 bridgehead atoms. The van der Waals surface area contributed by atoms with E-state index in [2.05, 4.69) is 0 Å². The van der Waals surface area contributed by atoms with Crippen molar-refractivity contribution in [2.45, 2.75) is 12.7 Å². The second kappa shape index (κ2) is 6.60. The summed E-state index contributed by atoms with van der Waals surface area (Å²) >= 11 is 0. The van der Waals surface area contributed by atoms with Crippen LogP contribution in [0.15, 0.2) is 41.0 Å². The highest BCUT2D eigenvalue weighted by molar-refractivity contribution is 5.95. The van der Waals surface area contributed by atoms with Gasteiger partial charge >= 0.3 is 11.9 Å². The van der Waals surface area contributed by atoms with Gasteiger partial charge in [-0.25, -0.2) is 0 Å². The van der Waals surface area contributed by atoms with E-state index in [1.54, 1.807) is 0 Å². The van der Waals surface area contributed by atoms with Crippen LogP contribution in [0, 0.1) is 10.1 Å². The normalized spacial score (nSPS) is 11.3. The Morgan fingerprint density at radius 3 is 2.58 bits per heavy atom. The summed E-state index contributed by atoms with van der Waals surface area (Å²) < 4.78 is 43.1. The Labute approximate surface area is 133 Å². The fraction of sp³-hybridized carbons (Fsp3) is 0.214. The van der Waals surface area contributed by atoms with Crippen molar-refractivity contribution in [3.8, 4) is 5.75 Å². The van der Waals surface area contributed by atoms with Crippen LogP contribution in [0.4, 0.5) is 18.9 Å². The molecule has 1 amide bonds. The molecule has 0 radical (unpaired) electrons. The van der Waals surface area contributed by atoms with Gasteiger partial charge in [0.05, 0.1) is 17.7 Å². The van der Waals surface area contributed by atoms with Gasteiger partial charge in [0.2, 0.25) is 0 Å². The highest BCUT2D eigenvalue weighted by Crippen LogP contribution is 2.28. The zero-order valence-electron chi connectivity index (χ0n) is 12.0. The van der Waals surface area contributed by atoms with Gasteiger partial charge in [0.25, 0.3) is 5.91 Å². The number of alkyl halides is 3. The molecule has 1 aromatic carbocycles. The Balaban J connectivity index is 2.33. The van der Waals surface area contributed by atoms with E-state index in [1.165, 1.54) is 18.4 Å². The van der Waals surface area contributed by atoms with Crippen LogP contribution in [0.25, 0.3) is 0 Å². The van der Waals surface area contributed by atoms with Gasteiger partial charge in [-0.1, -0.05) is 0 Å². The van der Waals surface area contributed by atoms with Crippen LogP contribution in [-0.2, 0) is 6.54 Å². The third-order valence-corrected chi connectivity index (χ3v) is 3.00. The molecular formula is C14H11F3N2O5. The Kier molecular flexibility index (Phi) is 4.77. The van der Waals surface area contributed by atoms with Crippen LogP contribution in [0.3, 0.4) is 0 Å². The lowest BCUT2D eigenvalue weighted by Crippen LogP contribution is -2.38. The molecule has 0 aliphatic carbocycles. The first-order chi connectivity index (χ1) is 11.2. The van der Waals surface area contributed by atoms with Crippen molar-refractivity contribution in [1.82, 2.24) is 4.90 Å². The van der Waals surface area contributed by atoms with E-state index in [4.69, 9.17) is 4.42 Å². The lowest BCUT2D eigenvalue weighted by molar-refractivity contribution is -0.385. The van der Waals surface area contributed by atoms with Crippen molar-refractivity contribution < 1.29 is 32.4 Å². The molecule has 2 aromatic rings. The molecule has 0 unspecified atom stereocenters. The van der Waals surface area contributed by atoms with E-state index in [0.717, 1.165) is 18.2 Å². The van der Waals surface area contributed by atoms with Gasteiger partial charge in [0.1, 0.15) is 12.3 Å². The van der Waals surface area contributed by atoms with Gasteiger partial charge in [-0.05, 0) is 24.3 Å². The van der Waals surface area contributed by atoms with Crippen molar-refractivity contribution in [3.05, 3.63) is 58.0 Å². The highest BCUT2D eigenvalue weighted by atomic mass is 19.4. The topological polar surface area (TPSA) is 96.8 Å². The molecule has 0 saturated carbocycles. The number of nitro groups is 1. The molecule has 1 N–H and O–H groups in total. The third-order valence-electron chi connectivity index (χ3n) is 3.00. The zero-order valence-corrected chi connectivity index (χ0v) is 12.0. The summed E-state index contributed by atoms with van der Waals surface area (Å²) in [7, 11) is 0. The first kappa shape index (κ1) is 17.3. The van der Waals surface area contributed by atoms with E-state index in [9.17, 15) is 33.2 Å². The number of furan rings is 1. The van der Waals surface area contributed by atoms with Crippen LogP contribution in [0.5, 0.6) is 5.75 Å². The lowest BCUT2D eigenvalue weighted by Gasteiger charge is -2.23. The molecule has 0 spiro atoms. The van der Waals surface area contributed by atoms with Gasteiger partial charge in [0, 0.05) is 11.6 Å². The monoisotopic (exact) mass is 344 g/mol. The summed E-state index contributed by atoms with van der Waals surface area (Å²) in [4.78, 5) is 22.6. The molecule has 0 fully saturated rings. The van der Waals surface area contributed by atoms with Gasteiger partial charge in [-0.15, -0.1) is 0 Å². The quantitative estimate of drug-likeness (QED) is 0.664. The molecule has 128 valence electrons. The fourth-order valence-electron chi connectivity index (χ4n) is 1.99. The number of carbonyl (C=O) groups is 1. The molecule has 10 heteroatoms. The smallest absolute Gasteiger partial charge is 0.406 e. The minimum absolute atomic E-state index is 0.126. The fourth-order valence-corrected chi connectivity index (χ4v) is 1.99. The number of carbonyl (C=O) groups excluding carboxylic acids is 1. The molecule has 0 saturated heterocycles. The second-order valence-electron chi connectivity index (χ2n) is 4.82. The number of phenolic OH excluding ortho intramolecular Hbond substituents is 1. The van der Waals surface area contributed by atoms with Crippen LogP contribution in [0.1, 0.15) is 16.1 Å². The van der Waals surface area contributed by atoms with E-state index >= 15 is 0 Å². The number of hydrogen-bond acceptors (Lipinski definition) is 5. The van der Waals surface area contributed by atoms with Crippen LogP contribution >= 0.6 is 0 Å². The molecule has 0 aliphatic heterocycles. The van der Waals surface area contributed by atoms with Crippen LogP contribution < -0.4 is 0 Å². The van der Waals surface area contributed by atoms with Crippen molar-refractivity contribution in [1.29, 1.82) is 0 Å². The predicted octanol–water partition coefficient (Wildman–Crippen LogP) is 3.10. The summed E-state index contributed by atoms with van der Waals surface area (Å²) in [6, 6.07) is 5.47. The number of hydrogen-bond donors (Lipinski definition) is 1. The van der Waals surface area contributed by atoms with E-state index < -0.39 is 41.5 Å². The molecular weight excluding hydrogens is 333 g/mol. The second-order valence-corrected chi connectivity index (χ2v) is 4.82. The van der Waals surface area contributed by atoms with Gasteiger partial charge in [-0.3, -0.25) is 14.9 Å². The van der Waals surface area contributed by atoms with Crippen LogP contribution in [0.2, 0.25) is 0 Å². The van der Waals surface area contributed by atoms with Crippen molar-refractivity contribution in [3.63, 3.8) is 0 Å². The first-order valence-electron chi connectivity index (χ1n) is 6.53. The highest BCUT2D eigenvalue weighted by Gasteiger charge is 2.34. The minimum atomic E-state index is -4.66. The van der Waals surface area contributed by atoms with Gasteiger partial charge in [0.15, 0.2) is 5.75 Å². The summed E-state index contributed by atoms with van der Waals surface area (Å²) in [5.41, 5.74) is -1.12. The molecule has 0 atom stereocenters. The molecule has 2 rings (SSSR count). The summed E-state index contributed by atoms with van der Waals surface area (Å²) in [5, 5.41) is 20.1. The van der Waals surface area contributed by atoms with E-state index in [-0.39, 0.29) is 11.3 Å². The Morgan fingerprint density at radius 1 is 1.33 bits per heavy atom. The Morgan fingerprint density at radius 2 is 2.04 bits per heavy atom. The van der Waals surface area contributed by atoms with E-state index in [0.29, 0.717) is 4.90 Å². The van der Waals surface area contributed by atoms with Gasteiger partial charge in [-0.2, -0.15) is 13.2 Å². The number of aromatic hydroxyl groups is 1. The molecule has 7 nitrogen and oxygen atoms in total. The van der Waals surface area contributed by atoms with Crippen molar-refractivity contribution >= 4 is 11.6 Å². The Hall–Kier alpha value is -3.04. The maximum Gasteiger partial charge on any atom is 0.406 e. The standard InChI is InChI=1S/C14H11F3N2O5/c15-14(16,17)8-18(7-10-2-1-5-24-10)13(21)9-3-4-12(20)11(6-9)19(22)23/h1-6,20H,7-8H2. The summed E-state index contributed by atoms with van der Waals surface area (Å²) in [5.74, 6) is -1.64. The largest absolute Gasteiger partial charge is 0.502 e. The Bertz CT molecular complexity index is 743. The maximum absolute atomic E-state index is 12.7. The number of rotatable bonds is 5. The van der Waals surface area contributed by atoms with Crippen LogP contribution in [-0.4, -0.2) is 33.6 Å². The molecule has 0 aliphatic rings. The number of phenols is 1. The number of benzene rings is 1. The number of halogens is 3. The molecule has 24 heavy (non-hydrogen) atoms. The maximum atomic E-state index is 12.7. The number of nitrogens with zero attached hydrogens (tertiary/aromatic N) is 2. The summed E-state index contributed by atoms with van der Waals surface area (Å²) in [6.07, 6.45) is -3.41. The van der Waals surface area contributed by atoms with Gasteiger partial charge < -0.3 is 14.4 Å². The number of nitro benzene ring substituents is 1. The SMILES string of the molecule is O=C(c1ccc(O)c([N+](=O)[O-])c1)N(Cc1ccco1)CC(F)(F)F. The number of amides is 1. The average molecular weight is 344 g/mol. The van der Waals surface area contributed by atoms with E-state index in [1.807, 2.05) is 0 Å². The third kappa shape index (κ3) is 4.24. The molecule has 1 heterocycles.